The minimum absolute atomic E-state index is 0.0553. The van der Waals surface area contributed by atoms with Gasteiger partial charge in [-0.25, -0.2) is 0 Å². The average Bonchev–Trinajstić information content (AvgIpc) is 2.59. The maximum atomic E-state index is 11.5. The second-order valence-electron chi connectivity index (χ2n) is 5.03. The van der Waals surface area contributed by atoms with E-state index in [-0.39, 0.29) is 11.9 Å². The molecule has 3 nitrogen and oxygen atoms in total. The minimum Gasteiger partial charge on any atom is -0.469 e. The van der Waals surface area contributed by atoms with Crippen molar-refractivity contribution >= 4 is 5.97 Å². The minimum atomic E-state index is -0.118. The summed E-state index contributed by atoms with van der Waals surface area (Å²) in [7, 11) is 1.45. The molecule has 0 N–H and O–H groups in total. The van der Waals surface area contributed by atoms with E-state index in [9.17, 15) is 4.79 Å². The second kappa shape index (κ2) is 6.01. The lowest BCUT2D eigenvalue weighted by Crippen LogP contribution is -2.32. The predicted molar refractivity (Wildman–Crippen MR) is 71.2 cm³/mol. The largest absolute Gasteiger partial charge is 0.469 e. The number of fused-ring (bicyclic) bond motifs is 1. The van der Waals surface area contributed by atoms with E-state index in [1.807, 2.05) is 6.92 Å². The van der Waals surface area contributed by atoms with Crippen LogP contribution in [-0.4, -0.2) is 31.1 Å². The van der Waals surface area contributed by atoms with Gasteiger partial charge in [-0.05, 0) is 30.5 Å². The molecule has 1 aliphatic heterocycles. The van der Waals surface area contributed by atoms with Crippen LogP contribution in [0.4, 0.5) is 0 Å². The van der Waals surface area contributed by atoms with Crippen LogP contribution in [-0.2, 0) is 22.5 Å². The van der Waals surface area contributed by atoms with Gasteiger partial charge in [0.25, 0.3) is 0 Å². The molecular weight excluding hydrogens is 226 g/mol. The lowest BCUT2D eigenvalue weighted by Gasteiger charge is -2.23. The summed E-state index contributed by atoms with van der Waals surface area (Å²) < 4.78 is 4.79. The first-order valence-corrected chi connectivity index (χ1v) is 6.57. The number of rotatable bonds is 3. The van der Waals surface area contributed by atoms with Crippen molar-refractivity contribution in [3.63, 3.8) is 0 Å². The SMILES string of the molecule is COC(=O)C(C)CN1CCCc2ccccc2C1. The quantitative estimate of drug-likeness (QED) is 0.767. The van der Waals surface area contributed by atoms with Crippen molar-refractivity contribution in [1.29, 1.82) is 0 Å². The van der Waals surface area contributed by atoms with Crippen LogP contribution in [0.3, 0.4) is 0 Å². The van der Waals surface area contributed by atoms with E-state index < -0.39 is 0 Å². The maximum Gasteiger partial charge on any atom is 0.309 e. The fourth-order valence-electron chi connectivity index (χ4n) is 2.59. The van der Waals surface area contributed by atoms with Crippen LogP contribution in [0.25, 0.3) is 0 Å². The lowest BCUT2D eigenvalue weighted by atomic mass is 10.0. The van der Waals surface area contributed by atoms with Gasteiger partial charge in [-0.2, -0.15) is 0 Å². The van der Waals surface area contributed by atoms with E-state index in [0.29, 0.717) is 0 Å². The van der Waals surface area contributed by atoms with Crippen LogP contribution in [0.15, 0.2) is 24.3 Å². The number of ether oxygens (including phenoxy) is 1. The molecule has 1 heterocycles. The zero-order valence-corrected chi connectivity index (χ0v) is 11.2. The molecule has 0 aliphatic carbocycles. The summed E-state index contributed by atoms with van der Waals surface area (Å²) in [6, 6.07) is 8.59. The van der Waals surface area contributed by atoms with E-state index in [1.54, 1.807) is 0 Å². The Labute approximate surface area is 109 Å². The summed E-state index contributed by atoms with van der Waals surface area (Å²) >= 11 is 0. The molecule has 18 heavy (non-hydrogen) atoms. The van der Waals surface area contributed by atoms with Gasteiger partial charge in [-0.1, -0.05) is 31.2 Å². The number of benzene rings is 1. The third-order valence-electron chi connectivity index (χ3n) is 3.57. The molecular formula is C15H21NO2. The number of hydrogen-bond acceptors (Lipinski definition) is 3. The first-order valence-electron chi connectivity index (χ1n) is 6.57. The van der Waals surface area contributed by atoms with E-state index in [0.717, 1.165) is 32.5 Å². The topological polar surface area (TPSA) is 29.5 Å². The molecule has 0 bridgehead atoms. The Bertz CT molecular complexity index is 417. The van der Waals surface area contributed by atoms with Crippen LogP contribution >= 0.6 is 0 Å². The average molecular weight is 247 g/mol. The number of nitrogens with zero attached hydrogens (tertiary/aromatic N) is 1. The third kappa shape index (κ3) is 3.10. The number of aryl methyl sites for hydroxylation is 1. The summed E-state index contributed by atoms with van der Waals surface area (Å²) in [4.78, 5) is 13.8. The zero-order valence-electron chi connectivity index (χ0n) is 11.2. The van der Waals surface area contributed by atoms with Gasteiger partial charge in [0.15, 0.2) is 0 Å². The molecule has 0 spiro atoms. The molecule has 0 radical (unpaired) electrons. The molecule has 1 aromatic carbocycles. The Balaban J connectivity index is 2.02. The monoisotopic (exact) mass is 247 g/mol. The van der Waals surface area contributed by atoms with Crippen molar-refractivity contribution in [2.24, 2.45) is 5.92 Å². The van der Waals surface area contributed by atoms with Crippen molar-refractivity contribution < 1.29 is 9.53 Å². The number of carbonyl (C=O) groups excluding carboxylic acids is 1. The van der Waals surface area contributed by atoms with Crippen LogP contribution < -0.4 is 0 Å². The highest BCUT2D eigenvalue weighted by Crippen LogP contribution is 2.19. The van der Waals surface area contributed by atoms with E-state index in [2.05, 4.69) is 29.2 Å². The molecule has 0 amide bonds. The molecule has 0 aromatic heterocycles. The van der Waals surface area contributed by atoms with Crippen LogP contribution in [0.1, 0.15) is 24.5 Å². The van der Waals surface area contributed by atoms with Gasteiger partial charge in [-0.3, -0.25) is 9.69 Å². The van der Waals surface area contributed by atoms with Gasteiger partial charge < -0.3 is 4.74 Å². The highest BCUT2D eigenvalue weighted by Gasteiger charge is 2.20. The van der Waals surface area contributed by atoms with Crippen LogP contribution in [0.2, 0.25) is 0 Å². The molecule has 3 heteroatoms. The summed E-state index contributed by atoms with van der Waals surface area (Å²) in [5.41, 5.74) is 2.85. The van der Waals surface area contributed by atoms with Crippen molar-refractivity contribution in [2.75, 3.05) is 20.2 Å². The van der Waals surface area contributed by atoms with E-state index in [4.69, 9.17) is 4.74 Å². The van der Waals surface area contributed by atoms with Crippen molar-refractivity contribution in [1.82, 2.24) is 4.90 Å². The van der Waals surface area contributed by atoms with E-state index >= 15 is 0 Å². The molecule has 0 fully saturated rings. The van der Waals surface area contributed by atoms with Gasteiger partial charge in [0, 0.05) is 13.1 Å². The number of methoxy groups -OCH3 is 1. The number of carbonyl (C=O) groups is 1. The summed E-state index contributed by atoms with van der Waals surface area (Å²) in [6.07, 6.45) is 2.30. The second-order valence-corrected chi connectivity index (χ2v) is 5.03. The third-order valence-corrected chi connectivity index (χ3v) is 3.57. The van der Waals surface area contributed by atoms with Gasteiger partial charge in [0.2, 0.25) is 0 Å². The van der Waals surface area contributed by atoms with Crippen molar-refractivity contribution in [3.8, 4) is 0 Å². The first-order chi connectivity index (χ1) is 8.70. The Morgan fingerprint density at radius 2 is 2.11 bits per heavy atom. The highest BCUT2D eigenvalue weighted by atomic mass is 16.5. The molecule has 2 rings (SSSR count). The van der Waals surface area contributed by atoms with Gasteiger partial charge in [-0.15, -0.1) is 0 Å². The fraction of sp³-hybridized carbons (Fsp3) is 0.533. The smallest absolute Gasteiger partial charge is 0.309 e. The molecule has 0 saturated heterocycles. The standard InChI is InChI=1S/C15H21NO2/c1-12(15(17)18-2)10-16-9-5-8-13-6-3-4-7-14(13)11-16/h3-4,6-7,12H,5,8-11H2,1-2H3. The highest BCUT2D eigenvalue weighted by molar-refractivity contribution is 5.72. The predicted octanol–water partition coefficient (Wildman–Crippen LogP) is 2.24. The van der Waals surface area contributed by atoms with E-state index in [1.165, 1.54) is 18.2 Å². The molecule has 1 aromatic rings. The van der Waals surface area contributed by atoms with Gasteiger partial charge in [0.1, 0.15) is 0 Å². The first kappa shape index (κ1) is 13.1. The van der Waals surface area contributed by atoms with Crippen LogP contribution in [0, 0.1) is 5.92 Å². The Hall–Kier alpha value is -1.35. The summed E-state index contributed by atoms with van der Waals surface area (Å²) in [5.74, 6) is -0.173. The molecule has 0 saturated carbocycles. The fourth-order valence-corrected chi connectivity index (χ4v) is 2.59. The van der Waals surface area contributed by atoms with Crippen LogP contribution in [0.5, 0.6) is 0 Å². The normalized spacial score (nSPS) is 17.7. The summed E-state index contributed by atoms with van der Waals surface area (Å²) in [5, 5.41) is 0. The Kier molecular flexibility index (Phi) is 4.37. The van der Waals surface area contributed by atoms with Gasteiger partial charge >= 0.3 is 5.97 Å². The molecule has 1 aliphatic rings. The zero-order chi connectivity index (χ0) is 13.0. The Morgan fingerprint density at radius 1 is 1.39 bits per heavy atom. The molecule has 1 atom stereocenters. The Morgan fingerprint density at radius 3 is 2.83 bits per heavy atom. The molecule has 98 valence electrons. The maximum absolute atomic E-state index is 11.5. The number of esters is 1. The summed E-state index contributed by atoms with van der Waals surface area (Å²) in [6.45, 7) is 4.71. The lowest BCUT2D eigenvalue weighted by molar-refractivity contribution is -0.145. The van der Waals surface area contributed by atoms with Gasteiger partial charge in [0.05, 0.1) is 13.0 Å². The van der Waals surface area contributed by atoms with Crippen molar-refractivity contribution in [3.05, 3.63) is 35.4 Å². The number of hydrogen-bond donors (Lipinski definition) is 0. The molecule has 1 unspecified atom stereocenters. The van der Waals surface area contributed by atoms with Crippen molar-refractivity contribution in [2.45, 2.75) is 26.3 Å².